The number of rotatable bonds is 2. The summed E-state index contributed by atoms with van der Waals surface area (Å²) in [6.07, 6.45) is 4.20. The van der Waals surface area contributed by atoms with Crippen LogP contribution in [0.1, 0.15) is 5.56 Å². The van der Waals surface area contributed by atoms with Gasteiger partial charge in [-0.05, 0) is 24.3 Å². The Labute approximate surface area is 130 Å². The molecule has 0 atom stereocenters. The van der Waals surface area contributed by atoms with Crippen LogP contribution < -0.4 is 4.74 Å². The molecule has 0 bridgehead atoms. The van der Waals surface area contributed by atoms with Crippen molar-refractivity contribution in [1.29, 1.82) is 0 Å². The van der Waals surface area contributed by atoms with Gasteiger partial charge in [0.05, 0.1) is 12.1 Å². The van der Waals surface area contributed by atoms with Crippen molar-refractivity contribution in [2.75, 3.05) is 6.61 Å². The maximum absolute atomic E-state index is 5.47. The van der Waals surface area contributed by atoms with E-state index in [9.17, 15) is 0 Å². The lowest BCUT2D eigenvalue weighted by Gasteiger charge is -2.02. The van der Waals surface area contributed by atoms with Gasteiger partial charge >= 0.3 is 0 Å². The lowest BCUT2D eigenvalue weighted by Crippen LogP contribution is -1.88. The van der Waals surface area contributed by atoms with Gasteiger partial charge in [0, 0.05) is 34.7 Å². The Bertz CT molecular complexity index is 1000. The minimum absolute atomic E-state index is 0.697. The second-order valence-electron chi connectivity index (χ2n) is 5.45. The van der Waals surface area contributed by atoms with Crippen molar-refractivity contribution in [2.45, 2.75) is 6.42 Å². The van der Waals surface area contributed by atoms with E-state index in [0.717, 1.165) is 51.4 Å². The topological polar surface area (TPSA) is 92.4 Å². The van der Waals surface area contributed by atoms with Crippen LogP contribution in [0.2, 0.25) is 0 Å². The Hall–Kier alpha value is -3.22. The molecule has 5 rings (SSSR count). The van der Waals surface area contributed by atoms with Crippen molar-refractivity contribution in [1.82, 2.24) is 30.4 Å². The largest absolute Gasteiger partial charge is 0.477 e. The van der Waals surface area contributed by atoms with Gasteiger partial charge in [-0.1, -0.05) is 0 Å². The lowest BCUT2D eigenvalue weighted by molar-refractivity contribution is 0.345. The van der Waals surface area contributed by atoms with Crippen LogP contribution in [-0.4, -0.2) is 37.0 Å². The van der Waals surface area contributed by atoms with E-state index in [1.807, 2.05) is 12.1 Å². The molecule has 7 heteroatoms. The summed E-state index contributed by atoms with van der Waals surface area (Å²) in [7, 11) is 0. The Morgan fingerprint density at radius 2 is 2.04 bits per heavy atom. The highest BCUT2D eigenvalue weighted by Crippen LogP contribution is 2.32. The molecule has 4 aromatic rings. The highest BCUT2D eigenvalue weighted by molar-refractivity contribution is 5.95. The normalized spacial score (nSPS) is 13.2. The van der Waals surface area contributed by atoms with E-state index in [4.69, 9.17) is 4.74 Å². The molecule has 0 amide bonds. The van der Waals surface area contributed by atoms with Crippen LogP contribution in [0.3, 0.4) is 0 Å². The molecule has 1 aliphatic heterocycles. The Kier molecular flexibility index (Phi) is 2.49. The van der Waals surface area contributed by atoms with Crippen LogP contribution in [-0.2, 0) is 6.42 Å². The second-order valence-corrected chi connectivity index (χ2v) is 5.45. The Morgan fingerprint density at radius 1 is 1.04 bits per heavy atom. The monoisotopic (exact) mass is 304 g/mol. The lowest BCUT2D eigenvalue weighted by atomic mass is 10.0. The van der Waals surface area contributed by atoms with Crippen LogP contribution in [0.5, 0.6) is 5.88 Å². The molecule has 0 unspecified atom stereocenters. The number of aromatic nitrogens is 6. The fraction of sp³-hybridized carbons (Fsp3) is 0.125. The third-order valence-corrected chi connectivity index (χ3v) is 4.06. The third-order valence-electron chi connectivity index (χ3n) is 4.06. The van der Waals surface area contributed by atoms with Crippen LogP contribution in [0.15, 0.2) is 36.8 Å². The molecule has 0 saturated heterocycles. The predicted octanol–water partition coefficient (Wildman–Crippen LogP) is 2.34. The van der Waals surface area contributed by atoms with Crippen LogP contribution in [0.25, 0.3) is 33.5 Å². The number of H-pyrrole nitrogens is 2. The van der Waals surface area contributed by atoms with Gasteiger partial charge < -0.3 is 4.74 Å². The van der Waals surface area contributed by atoms with Gasteiger partial charge in [0.15, 0.2) is 5.82 Å². The third kappa shape index (κ3) is 1.90. The first-order valence-corrected chi connectivity index (χ1v) is 7.34. The highest BCUT2D eigenvalue weighted by atomic mass is 16.5. The average Bonchev–Trinajstić information content (AvgIpc) is 3.32. The molecule has 2 N–H and O–H groups in total. The quantitative estimate of drug-likeness (QED) is 0.593. The summed E-state index contributed by atoms with van der Waals surface area (Å²) in [5, 5.41) is 15.3. The Balaban J connectivity index is 1.68. The molecule has 3 aromatic heterocycles. The number of fused-ring (bicyclic) bond motifs is 2. The molecule has 4 heterocycles. The summed E-state index contributed by atoms with van der Waals surface area (Å²) in [4.78, 5) is 8.59. The zero-order chi connectivity index (χ0) is 15.2. The van der Waals surface area contributed by atoms with Crippen LogP contribution in [0, 0.1) is 0 Å². The summed E-state index contributed by atoms with van der Waals surface area (Å²) in [5.41, 5.74) is 4.93. The van der Waals surface area contributed by atoms with E-state index in [0.29, 0.717) is 6.61 Å². The molecule has 1 aliphatic rings. The highest BCUT2D eigenvalue weighted by Gasteiger charge is 2.17. The predicted molar refractivity (Wildman–Crippen MR) is 83.9 cm³/mol. The van der Waals surface area contributed by atoms with E-state index in [1.54, 1.807) is 6.20 Å². The van der Waals surface area contributed by atoms with Gasteiger partial charge in [0.25, 0.3) is 0 Å². The molecule has 0 aliphatic carbocycles. The number of pyridine rings is 1. The van der Waals surface area contributed by atoms with Crippen LogP contribution >= 0.6 is 0 Å². The minimum atomic E-state index is 0.697. The first kappa shape index (κ1) is 12.3. The molecular formula is C16H12N6O. The molecule has 112 valence electrons. The molecule has 1 aromatic carbocycles. The molecule has 7 nitrogen and oxygen atoms in total. The smallest absolute Gasteiger partial charge is 0.216 e. The molecule has 23 heavy (non-hydrogen) atoms. The van der Waals surface area contributed by atoms with Crippen molar-refractivity contribution >= 4 is 10.9 Å². The standard InChI is InChI=1S/C16H12N6O/c1-2-13-12(6-9(1)15-18-8-19-22-15)14(21-20-13)11-5-10-3-4-23-16(10)17-7-11/h1-2,5-8H,3-4H2,(H,20,21)(H,18,19,22). The van der Waals surface area contributed by atoms with Gasteiger partial charge in [-0.3, -0.25) is 10.2 Å². The minimum Gasteiger partial charge on any atom is -0.477 e. The number of aromatic amines is 2. The summed E-state index contributed by atoms with van der Waals surface area (Å²) < 4.78 is 5.47. The maximum Gasteiger partial charge on any atom is 0.216 e. The Morgan fingerprint density at radius 3 is 2.96 bits per heavy atom. The van der Waals surface area contributed by atoms with Crippen LogP contribution in [0.4, 0.5) is 0 Å². The van der Waals surface area contributed by atoms with Crippen molar-refractivity contribution in [3.05, 3.63) is 42.4 Å². The maximum atomic E-state index is 5.47. The first-order valence-electron chi connectivity index (χ1n) is 7.34. The van der Waals surface area contributed by atoms with Crippen molar-refractivity contribution in [3.8, 4) is 28.5 Å². The number of nitrogens with one attached hydrogen (secondary N) is 2. The zero-order valence-corrected chi connectivity index (χ0v) is 12.1. The van der Waals surface area contributed by atoms with E-state index in [2.05, 4.69) is 42.5 Å². The van der Waals surface area contributed by atoms with E-state index in [1.165, 1.54) is 6.33 Å². The molecule has 0 saturated carbocycles. The molecule has 0 radical (unpaired) electrons. The summed E-state index contributed by atoms with van der Waals surface area (Å²) >= 11 is 0. The fourth-order valence-corrected chi connectivity index (χ4v) is 2.92. The number of benzene rings is 1. The van der Waals surface area contributed by atoms with Gasteiger partial charge in [-0.2, -0.15) is 10.2 Å². The fourth-order valence-electron chi connectivity index (χ4n) is 2.92. The molecule has 0 fully saturated rings. The van der Waals surface area contributed by atoms with Crippen molar-refractivity contribution in [3.63, 3.8) is 0 Å². The summed E-state index contributed by atoms with van der Waals surface area (Å²) in [6, 6.07) is 8.14. The molecular weight excluding hydrogens is 292 g/mol. The van der Waals surface area contributed by atoms with E-state index in [-0.39, 0.29) is 0 Å². The van der Waals surface area contributed by atoms with E-state index < -0.39 is 0 Å². The molecule has 0 spiro atoms. The summed E-state index contributed by atoms with van der Waals surface area (Å²) in [5.74, 6) is 1.47. The number of ether oxygens (including phenoxy) is 1. The first-order chi connectivity index (χ1) is 11.4. The van der Waals surface area contributed by atoms with Gasteiger partial charge in [0.2, 0.25) is 5.88 Å². The van der Waals surface area contributed by atoms with E-state index >= 15 is 0 Å². The van der Waals surface area contributed by atoms with Gasteiger partial charge in [-0.15, -0.1) is 0 Å². The number of hydrogen-bond donors (Lipinski definition) is 2. The summed E-state index contributed by atoms with van der Waals surface area (Å²) in [6.45, 7) is 0.697. The van der Waals surface area contributed by atoms with Gasteiger partial charge in [0.1, 0.15) is 12.0 Å². The number of hydrogen-bond acceptors (Lipinski definition) is 5. The van der Waals surface area contributed by atoms with Crippen molar-refractivity contribution in [2.24, 2.45) is 0 Å². The average molecular weight is 304 g/mol. The van der Waals surface area contributed by atoms with Crippen molar-refractivity contribution < 1.29 is 4.74 Å². The SMILES string of the molecule is c1n[nH]c(-c2ccc3[nH]nc(-c4cnc5c(c4)CCO5)c3c2)n1. The number of nitrogens with zero attached hydrogens (tertiary/aromatic N) is 4. The van der Waals surface area contributed by atoms with Gasteiger partial charge in [-0.25, -0.2) is 9.97 Å². The zero-order valence-electron chi connectivity index (χ0n) is 12.1. The second kappa shape index (κ2) is 4.64.